The third-order valence-electron chi connectivity index (χ3n) is 4.58. The Bertz CT molecular complexity index is 790. The lowest BCUT2D eigenvalue weighted by Crippen LogP contribution is -2.39. The highest BCUT2D eigenvalue weighted by atomic mass is 19.2. The zero-order valence-electron chi connectivity index (χ0n) is 13.6. The molecule has 0 bridgehead atoms. The van der Waals surface area contributed by atoms with Crippen LogP contribution in [0.2, 0.25) is 0 Å². The Balaban J connectivity index is 1.60. The van der Waals surface area contributed by atoms with Crippen LogP contribution in [-0.2, 0) is 10.4 Å². The molecule has 1 amide bonds. The molecule has 0 heterocycles. The molecule has 0 spiro atoms. The first-order valence-electron chi connectivity index (χ1n) is 7.99. The van der Waals surface area contributed by atoms with Crippen molar-refractivity contribution in [2.45, 2.75) is 24.9 Å². The fourth-order valence-electron chi connectivity index (χ4n) is 2.94. The summed E-state index contributed by atoms with van der Waals surface area (Å²) in [7, 11) is 0. The number of hydrogen-bond acceptors (Lipinski definition) is 2. The molecule has 2 aromatic rings. The van der Waals surface area contributed by atoms with Gasteiger partial charge in [0.15, 0.2) is 11.6 Å². The highest BCUT2D eigenvalue weighted by Crippen LogP contribution is 2.48. The van der Waals surface area contributed by atoms with Crippen LogP contribution >= 0.6 is 0 Å². The maximum Gasteiger partial charge on any atom is 0.223 e. The summed E-state index contributed by atoms with van der Waals surface area (Å²) in [5.41, 5.74) is -0.694. The Hall–Kier alpha value is -2.34. The maximum absolute atomic E-state index is 13.8. The predicted octanol–water partition coefficient (Wildman–Crippen LogP) is 3.23. The van der Waals surface area contributed by atoms with Crippen LogP contribution in [0.25, 0.3) is 0 Å². The summed E-state index contributed by atoms with van der Waals surface area (Å²) in [5, 5.41) is 13.1. The lowest BCUT2D eigenvalue weighted by molar-refractivity contribution is -0.123. The second kappa shape index (κ2) is 6.52. The van der Waals surface area contributed by atoms with Gasteiger partial charge in [-0.15, -0.1) is 0 Å². The van der Waals surface area contributed by atoms with Gasteiger partial charge in [-0.1, -0.05) is 24.3 Å². The molecule has 2 N–H and O–H groups in total. The van der Waals surface area contributed by atoms with Gasteiger partial charge in [0, 0.05) is 5.92 Å². The van der Waals surface area contributed by atoms with E-state index in [0.717, 1.165) is 6.07 Å². The van der Waals surface area contributed by atoms with Crippen molar-refractivity contribution in [2.24, 2.45) is 5.92 Å². The Morgan fingerprint density at radius 3 is 2.56 bits per heavy atom. The van der Waals surface area contributed by atoms with E-state index in [2.05, 4.69) is 5.32 Å². The number of nitrogens with one attached hydrogen (secondary N) is 1. The van der Waals surface area contributed by atoms with E-state index in [-0.39, 0.29) is 23.9 Å². The molecule has 1 fully saturated rings. The minimum atomic E-state index is -1.36. The largest absolute Gasteiger partial charge is 0.384 e. The molecular formula is C19H18F3NO2. The van der Waals surface area contributed by atoms with Gasteiger partial charge < -0.3 is 10.4 Å². The van der Waals surface area contributed by atoms with Crippen molar-refractivity contribution in [1.29, 1.82) is 0 Å². The predicted molar refractivity (Wildman–Crippen MR) is 86.2 cm³/mol. The minimum absolute atomic E-state index is 0.0632. The molecular weight excluding hydrogens is 331 g/mol. The Labute approximate surface area is 143 Å². The van der Waals surface area contributed by atoms with Crippen molar-refractivity contribution < 1.29 is 23.1 Å². The Morgan fingerprint density at radius 2 is 1.88 bits per heavy atom. The molecule has 3 atom stereocenters. The van der Waals surface area contributed by atoms with Gasteiger partial charge >= 0.3 is 0 Å². The van der Waals surface area contributed by atoms with Crippen LogP contribution in [0.4, 0.5) is 13.2 Å². The summed E-state index contributed by atoms with van der Waals surface area (Å²) in [6.07, 6.45) is 0.435. The van der Waals surface area contributed by atoms with Crippen molar-refractivity contribution in [2.75, 3.05) is 6.54 Å². The van der Waals surface area contributed by atoms with Gasteiger partial charge in [-0.3, -0.25) is 4.79 Å². The number of amides is 1. The summed E-state index contributed by atoms with van der Waals surface area (Å²) >= 11 is 0. The topological polar surface area (TPSA) is 49.3 Å². The fraction of sp³-hybridized carbons (Fsp3) is 0.316. The molecule has 132 valence electrons. The van der Waals surface area contributed by atoms with E-state index >= 15 is 0 Å². The molecule has 3 rings (SSSR count). The van der Waals surface area contributed by atoms with Gasteiger partial charge in [0.05, 0.1) is 6.54 Å². The lowest BCUT2D eigenvalue weighted by atomic mass is 9.96. The third kappa shape index (κ3) is 3.69. The van der Waals surface area contributed by atoms with Crippen molar-refractivity contribution in [1.82, 2.24) is 5.32 Å². The number of carbonyl (C=O) groups is 1. The van der Waals surface area contributed by atoms with Gasteiger partial charge in [0.25, 0.3) is 0 Å². The monoisotopic (exact) mass is 349 g/mol. The van der Waals surface area contributed by atoms with E-state index in [1.807, 2.05) is 0 Å². The van der Waals surface area contributed by atoms with Gasteiger partial charge in [-0.25, -0.2) is 13.2 Å². The van der Waals surface area contributed by atoms with Gasteiger partial charge in [-0.2, -0.15) is 0 Å². The number of hydrogen-bond donors (Lipinski definition) is 2. The van der Waals surface area contributed by atoms with Crippen LogP contribution in [0.1, 0.15) is 30.4 Å². The van der Waals surface area contributed by atoms with Crippen LogP contribution in [-0.4, -0.2) is 17.6 Å². The highest BCUT2D eigenvalue weighted by Gasteiger charge is 2.45. The summed E-state index contributed by atoms with van der Waals surface area (Å²) in [5.74, 6) is -3.38. The molecule has 0 radical (unpaired) electrons. The van der Waals surface area contributed by atoms with Crippen LogP contribution in [0, 0.1) is 23.4 Å². The molecule has 1 aliphatic rings. The SMILES string of the molecule is CC(O)(CNC(=O)C1CC1c1cccc(F)c1F)c1ccc(F)cc1. The molecule has 3 nitrogen and oxygen atoms in total. The molecule has 1 saturated carbocycles. The zero-order valence-corrected chi connectivity index (χ0v) is 13.6. The zero-order chi connectivity index (χ0) is 18.2. The van der Waals surface area contributed by atoms with Crippen LogP contribution in [0.3, 0.4) is 0 Å². The van der Waals surface area contributed by atoms with E-state index in [9.17, 15) is 23.1 Å². The molecule has 0 saturated heterocycles. The second-order valence-electron chi connectivity index (χ2n) is 6.59. The van der Waals surface area contributed by atoms with Crippen molar-refractivity contribution >= 4 is 5.91 Å². The summed E-state index contributed by atoms with van der Waals surface area (Å²) in [4.78, 5) is 12.2. The third-order valence-corrected chi connectivity index (χ3v) is 4.58. The standard InChI is InChI=1S/C19H18F3NO2/c1-19(25,11-5-7-12(20)8-6-11)10-23-18(24)15-9-14(15)13-3-2-4-16(21)17(13)22/h2-8,14-15,25H,9-10H2,1H3,(H,23,24). The van der Waals surface area contributed by atoms with E-state index in [4.69, 9.17) is 0 Å². The molecule has 25 heavy (non-hydrogen) atoms. The molecule has 3 unspecified atom stereocenters. The van der Waals surface area contributed by atoms with Gasteiger partial charge in [0.2, 0.25) is 5.91 Å². The number of carbonyl (C=O) groups excluding carboxylic acids is 1. The van der Waals surface area contributed by atoms with Crippen LogP contribution in [0.5, 0.6) is 0 Å². The highest BCUT2D eigenvalue weighted by molar-refractivity contribution is 5.83. The summed E-state index contributed by atoms with van der Waals surface area (Å²) < 4.78 is 40.0. The first-order valence-corrected chi connectivity index (χ1v) is 7.99. The first-order chi connectivity index (χ1) is 11.8. The second-order valence-corrected chi connectivity index (χ2v) is 6.59. The lowest BCUT2D eigenvalue weighted by Gasteiger charge is -2.24. The number of benzene rings is 2. The number of aliphatic hydroxyl groups is 1. The van der Waals surface area contributed by atoms with Gasteiger partial charge in [0.1, 0.15) is 11.4 Å². The molecule has 2 aromatic carbocycles. The summed E-state index contributed by atoms with van der Waals surface area (Å²) in [6, 6.07) is 9.29. The Morgan fingerprint density at radius 1 is 1.20 bits per heavy atom. The molecule has 0 aliphatic heterocycles. The smallest absolute Gasteiger partial charge is 0.223 e. The van der Waals surface area contributed by atoms with E-state index < -0.39 is 29.0 Å². The average molecular weight is 349 g/mol. The van der Waals surface area contributed by atoms with Gasteiger partial charge in [-0.05, 0) is 48.6 Å². The van der Waals surface area contributed by atoms with Crippen molar-refractivity contribution in [3.63, 3.8) is 0 Å². The maximum atomic E-state index is 13.8. The summed E-state index contributed by atoms with van der Waals surface area (Å²) in [6.45, 7) is 1.45. The molecule has 6 heteroatoms. The van der Waals surface area contributed by atoms with E-state index in [1.165, 1.54) is 43.3 Å². The number of rotatable bonds is 5. The quantitative estimate of drug-likeness (QED) is 0.871. The number of halogens is 3. The molecule has 1 aliphatic carbocycles. The van der Waals surface area contributed by atoms with Crippen molar-refractivity contribution in [3.05, 3.63) is 71.0 Å². The average Bonchev–Trinajstić information content (AvgIpc) is 3.36. The van der Waals surface area contributed by atoms with Crippen LogP contribution in [0.15, 0.2) is 42.5 Å². The van der Waals surface area contributed by atoms with E-state index in [0.29, 0.717) is 12.0 Å². The van der Waals surface area contributed by atoms with Crippen molar-refractivity contribution in [3.8, 4) is 0 Å². The first kappa shape index (κ1) is 17.5. The Kier molecular flexibility index (Phi) is 4.56. The normalized spacial score (nSPS) is 21.5. The minimum Gasteiger partial charge on any atom is -0.384 e. The fourth-order valence-corrected chi connectivity index (χ4v) is 2.94. The van der Waals surface area contributed by atoms with Crippen LogP contribution < -0.4 is 5.32 Å². The molecule has 0 aromatic heterocycles. The van der Waals surface area contributed by atoms with E-state index in [1.54, 1.807) is 0 Å².